The summed E-state index contributed by atoms with van der Waals surface area (Å²) in [6.45, 7) is 1.80. The van der Waals surface area contributed by atoms with E-state index in [2.05, 4.69) is 17.4 Å². The molecule has 1 aliphatic heterocycles. The van der Waals surface area contributed by atoms with E-state index in [0.717, 1.165) is 31.7 Å². The van der Waals surface area contributed by atoms with E-state index in [-0.39, 0.29) is 12.4 Å². The number of ether oxygens (including phenoxy) is 2. The van der Waals surface area contributed by atoms with Crippen molar-refractivity contribution in [3.63, 3.8) is 0 Å². The third-order valence-electron chi connectivity index (χ3n) is 3.58. The molecule has 1 saturated heterocycles. The fourth-order valence-electron chi connectivity index (χ4n) is 2.77. The van der Waals surface area contributed by atoms with Crippen LogP contribution in [0.15, 0.2) is 18.2 Å². The highest BCUT2D eigenvalue weighted by molar-refractivity contribution is 5.85. The average molecular weight is 256 g/mol. The number of nitrogens with one attached hydrogen (secondary N) is 1. The van der Waals surface area contributed by atoms with Crippen LogP contribution >= 0.6 is 12.4 Å². The van der Waals surface area contributed by atoms with Crippen LogP contribution in [0.1, 0.15) is 11.1 Å². The van der Waals surface area contributed by atoms with Gasteiger partial charge in [0.1, 0.15) is 5.75 Å². The fraction of sp³-hybridized carbons (Fsp3) is 0.538. The minimum Gasteiger partial charge on any atom is -0.496 e. The van der Waals surface area contributed by atoms with Crippen LogP contribution in [0.2, 0.25) is 0 Å². The third kappa shape index (κ3) is 2.28. The average Bonchev–Trinajstić information content (AvgIpc) is 2.35. The molecule has 94 valence electrons. The van der Waals surface area contributed by atoms with E-state index >= 15 is 0 Å². The molecule has 4 heteroatoms. The van der Waals surface area contributed by atoms with Crippen LogP contribution in [0.4, 0.5) is 0 Å². The van der Waals surface area contributed by atoms with Crippen LogP contribution in [-0.2, 0) is 17.6 Å². The Bertz CT molecular complexity index is 397. The number of hydrogen-bond donors (Lipinski definition) is 1. The van der Waals surface area contributed by atoms with Crippen LogP contribution in [0.25, 0.3) is 0 Å². The molecule has 1 aliphatic carbocycles. The standard InChI is InChI=1S/C13H17NO2.ClH/c1-15-12-4-2-3-9-7-11-13(8-10(9)12)16-6-5-14-11;/h2-4,11,13-14H,5-8H2,1H3;1H/t11-,13-;/m1./s1. The van der Waals surface area contributed by atoms with E-state index < -0.39 is 0 Å². The second kappa shape index (κ2) is 5.25. The molecule has 0 spiro atoms. The summed E-state index contributed by atoms with van der Waals surface area (Å²) < 4.78 is 11.2. The van der Waals surface area contributed by atoms with E-state index in [4.69, 9.17) is 9.47 Å². The summed E-state index contributed by atoms with van der Waals surface area (Å²) in [5.41, 5.74) is 2.73. The molecular formula is C13H18ClNO2. The Kier molecular flexibility index (Phi) is 3.92. The Morgan fingerprint density at radius 2 is 2.24 bits per heavy atom. The Morgan fingerprint density at radius 3 is 3.06 bits per heavy atom. The van der Waals surface area contributed by atoms with Gasteiger partial charge in [-0.1, -0.05) is 12.1 Å². The maximum absolute atomic E-state index is 5.82. The normalized spacial score (nSPS) is 26.4. The molecule has 2 aliphatic rings. The Labute approximate surface area is 108 Å². The molecule has 0 amide bonds. The van der Waals surface area contributed by atoms with Gasteiger partial charge in [0.15, 0.2) is 0 Å². The van der Waals surface area contributed by atoms with Crippen molar-refractivity contribution in [1.82, 2.24) is 5.32 Å². The molecule has 1 heterocycles. The topological polar surface area (TPSA) is 30.5 Å². The molecule has 0 unspecified atom stereocenters. The molecule has 0 aromatic heterocycles. The van der Waals surface area contributed by atoms with Crippen LogP contribution in [-0.4, -0.2) is 32.4 Å². The van der Waals surface area contributed by atoms with Crippen LogP contribution in [0.5, 0.6) is 5.75 Å². The summed E-state index contributed by atoms with van der Waals surface area (Å²) in [5.74, 6) is 1.00. The number of hydrogen-bond acceptors (Lipinski definition) is 3. The fourth-order valence-corrected chi connectivity index (χ4v) is 2.77. The molecule has 0 radical (unpaired) electrons. The number of halogens is 1. The molecular weight excluding hydrogens is 238 g/mol. The lowest BCUT2D eigenvalue weighted by Gasteiger charge is -2.37. The number of morpholine rings is 1. The first-order valence-electron chi connectivity index (χ1n) is 5.88. The summed E-state index contributed by atoms with van der Waals surface area (Å²) in [5, 5.41) is 3.53. The van der Waals surface area contributed by atoms with Gasteiger partial charge >= 0.3 is 0 Å². The number of benzene rings is 1. The first-order chi connectivity index (χ1) is 7.88. The second-order valence-electron chi connectivity index (χ2n) is 4.48. The minimum absolute atomic E-state index is 0. The van der Waals surface area contributed by atoms with Crippen molar-refractivity contribution >= 4 is 12.4 Å². The minimum atomic E-state index is 0. The highest BCUT2D eigenvalue weighted by Gasteiger charge is 2.32. The lowest BCUT2D eigenvalue weighted by molar-refractivity contribution is -0.00773. The van der Waals surface area contributed by atoms with Crippen LogP contribution in [0.3, 0.4) is 0 Å². The summed E-state index contributed by atoms with van der Waals surface area (Å²) in [6.07, 6.45) is 2.34. The van der Waals surface area contributed by atoms with Crippen LogP contribution in [0, 0.1) is 0 Å². The van der Waals surface area contributed by atoms with Gasteiger partial charge < -0.3 is 14.8 Å². The molecule has 0 bridgehead atoms. The largest absolute Gasteiger partial charge is 0.496 e. The van der Waals surface area contributed by atoms with Crippen molar-refractivity contribution in [1.29, 1.82) is 0 Å². The highest BCUT2D eigenvalue weighted by atomic mass is 35.5. The first-order valence-corrected chi connectivity index (χ1v) is 5.88. The molecule has 0 saturated carbocycles. The van der Waals surface area contributed by atoms with Crippen molar-refractivity contribution in [3.8, 4) is 5.75 Å². The predicted octanol–water partition coefficient (Wildman–Crippen LogP) is 1.57. The van der Waals surface area contributed by atoms with E-state index in [1.165, 1.54) is 11.1 Å². The molecule has 1 fully saturated rings. The van der Waals surface area contributed by atoms with E-state index in [9.17, 15) is 0 Å². The lowest BCUT2D eigenvalue weighted by atomic mass is 9.85. The SMILES string of the molecule is COc1cccc2c1C[C@H]1OCCN[C@@H]1C2.Cl. The molecule has 17 heavy (non-hydrogen) atoms. The molecule has 1 N–H and O–H groups in total. The molecule has 1 aromatic carbocycles. The maximum atomic E-state index is 5.82. The van der Waals surface area contributed by atoms with Gasteiger partial charge in [-0.15, -0.1) is 12.4 Å². The number of methoxy groups -OCH3 is 1. The Balaban J connectivity index is 0.00000108. The Morgan fingerprint density at radius 1 is 1.35 bits per heavy atom. The molecule has 2 atom stereocenters. The van der Waals surface area contributed by atoms with Gasteiger partial charge in [0.05, 0.1) is 19.8 Å². The summed E-state index contributed by atoms with van der Waals surface area (Å²) >= 11 is 0. The smallest absolute Gasteiger partial charge is 0.122 e. The number of fused-ring (bicyclic) bond motifs is 2. The second-order valence-corrected chi connectivity index (χ2v) is 4.48. The molecule has 1 aromatic rings. The van der Waals surface area contributed by atoms with E-state index in [1.807, 2.05) is 6.07 Å². The van der Waals surface area contributed by atoms with E-state index in [1.54, 1.807) is 7.11 Å². The van der Waals surface area contributed by atoms with Gasteiger partial charge in [-0.25, -0.2) is 0 Å². The zero-order valence-electron chi connectivity index (χ0n) is 9.94. The van der Waals surface area contributed by atoms with Gasteiger partial charge in [0.2, 0.25) is 0 Å². The monoisotopic (exact) mass is 255 g/mol. The van der Waals surface area contributed by atoms with Gasteiger partial charge in [-0.3, -0.25) is 0 Å². The van der Waals surface area contributed by atoms with Gasteiger partial charge in [-0.05, 0) is 23.6 Å². The third-order valence-corrected chi connectivity index (χ3v) is 3.58. The molecule has 3 nitrogen and oxygen atoms in total. The van der Waals surface area contributed by atoms with Crippen molar-refractivity contribution in [2.45, 2.75) is 25.0 Å². The predicted molar refractivity (Wildman–Crippen MR) is 69.2 cm³/mol. The summed E-state index contributed by atoms with van der Waals surface area (Å²) in [4.78, 5) is 0. The quantitative estimate of drug-likeness (QED) is 0.827. The zero-order chi connectivity index (χ0) is 11.0. The number of rotatable bonds is 1. The molecule has 3 rings (SSSR count). The van der Waals surface area contributed by atoms with Crippen molar-refractivity contribution in [2.75, 3.05) is 20.3 Å². The van der Waals surface area contributed by atoms with E-state index in [0.29, 0.717) is 12.1 Å². The maximum Gasteiger partial charge on any atom is 0.122 e. The van der Waals surface area contributed by atoms with Gasteiger partial charge in [-0.2, -0.15) is 0 Å². The van der Waals surface area contributed by atoms with Crippen LogP contribution < -0.4 is 10.1 Å². The highest BCUT2D eigenvalue weighted by Crippen LogP contribution is 2.31. The van der Waals surface area contributed by atoms with Crippen molar-refractivity contribution in [3.05, 3.63) is 29.3 Å². The Hall–Kier alpha value is -0.770. The summed E-state index contributed by atoms with van der Waals surface area (Å²) in [7, 11) is 1.74. The zero-order valence-corrected chi connectivity index (χ0v) is 10.8. The van der Waals surface area contributed by atoms with Gasteiger partial charge in [0, 0.05) is 19.0 Å². The lowest BCUT2D eigenvalue weighted by Crippen LogP contribution is -2.52. The van der Waals surface area contributed by atoms with Crippen molar-refractivity contribution in [2.24, 2.45) is 0 Å². The first kappa shape index (κ1) is 12.7. The van der Waals surface area contributed by atoms with Crippen molar-refractivity contribution < 1.29 is 9.47 Å². The summed E-state index contributed by atoms with van der Waals surface area (Å²) in [6, 6.07) is 6.79. The van der Waals surface area contributed by atoms with Gasteiger partial charge in [0.25, 0.3) is 0 Å².